The SMILES string of the molecule is COc1ccc(F)cc1C(=O)N(C)Cc1cc(Br)ccc1F. The van der Waals surface area contributed by atoms with Crippen molar-refractivity contribution in [2.45, 2.75) is 6.54 Å². The number of rotatable bonds is 4. The Hall–Kier alpha value is -1.95. The van der Waals surface area contributed by atoms with Crippen LogP contribution in [0.1, 0.15) is 15.9 Å². The Balaban J connectivity index is 2.26. The minimum absolute atomic E-state index is 0.0593. The van der Waals surface area contributed by atoms with Crippen LogP contribution in [0.5, 0.6) is 5.75 Å². The van der Waals surface area contributed by atoms with E-state index in [1.165, 1.54) is 37.3 Å². The highest BCUT2D eigenvalue weighted by Gasteiger charge is 2.19. The summed E-state index contributed by atoms with van der Waals surface area (Å²) in [6.07, 6.45) is 0. The minimum Gasteiger partial charge on any atom is -0.496 e. The Morgan fingerprint density at radius 2 is 1.95 bits per heavy atom. The van der Waals surface area contributed by atoms with Crippen molar-refractivity contribution in [1.29, 1.82) is 0 Å². The Labute approximate surface area is 135 Å². The van der Waals surface area contributed by atoms with E-state index in [9.17, 15) is 13.6 Å². The predicted octanol–water partition coefficient (Wildman–Crippen LogP) is 4.01. The van der Waals surface area contributed by atoms with E-state index in [1.54, 1.807) is 12.1 Å². The molecule has 2 aromatic carbocycles. The maximum Gasteiger partial charge on any atom is 0.257 e. The molecule has 2 rings (SSSR count). The molecule has 0 radical (unpaired) electrons. The van der Waals surface area contributed by atoms with Crippen LogP contribution in [-0.2, 0) is 6.54 Å². The maximum absolute atomic E-state index is 13.8. The molecule has 0 N–H and O–H groups in total. The van der Waals surface area contributed by atoms with Gasteiger partial charge in [-0.25, -0.2) is 8.78 Å². The fourth-order valence-electron chi connectivity index (χ4n) is 2.04. The molecule has 0 bridgehead atoms. The summed E-state index contributed by atoms with van der Waals surface area (Å²) in [6.45, 7) is 0.0593. The molecule has 3 nitrogen and oxygen atoms in total. The van der Waals surface area contributed by atoms with Crippen molar-refractivity contribution in [3.63, 3.8) is 0 Å². The van der Waals surface area contributed by atoms with Crippen LogP contribution in [-0.4, -0.2) is 25.0 Å². The van der Waals surface area contributed by atoms with E-state index in [1.807, 2.05) is 0 Å². The van der Waals surface area contributed by atoms with Crippen LogP contribution < -0.4 is 4.74 Å². The second kappa shape index (κ2) is 6.87. The van der Waals surface area contributed by atoms with Crippen molar-refractivity contribution in [3.05, 3.63) is 63.6 Å². The summed E-state index contributed by atoms with van der Waals surface area (Å²) in [6, 6.07) is 8.20. The van der Waals surface area contributed by atoms with Crippen molar-refractivity contribution < 1.29 is 18.3 Å². The second-order valence-electron chi connectivity index (χ2n) is 4.74. The van der Waals surface area contributed by atoms with Gasteiger partial charge in [0.2, 0.25) is 0 Å². The molecule has 0 atom stereocenters. The molecule has 0 spiro atoms. The van der Waals surface area contributed by atoms with E-state index >= 15 is 0 Å². The minimum atomic E-state index is -0.536. The van der Waals surface area contributed by atoms with E-state index in [-0.39, 0.29) is 17.9 Å². The van der Waals surface area contributed by atoms with Gasteiger partial charge in [0.1, 0.15) is 17.4 Å². The van der Waals surface area contributed by atoms with E-state index in [2.05, 4.69) is 15.9 Å². The van der Waals surface area contributed by atoms with Gasteiger partial charge in [-0.1, -0.05) is 15.9 Å². The summed E-state index contributed by atoms with van der Waals surface area (Å²) in [5.41, 5.74) is 0.459. The van der Waals surface area contributed by atoms with Crippen molar-refractivity contribution in [1.82, 2.24) is 4.90 Å². The number of hydrogen-bond donors (Lipinski definition) is 0. The summed E-state index contributed by atoms with van der Waals surface area (Å²) in [7, 11) is 2.92. The van der Waals surface area contributed by atoms with Crippen molar-refractivity contribution >= 4 is 21.8 Å². The lowest BCUT2D eigenvalue weighted by atomic mass is 10.1. The first-order valence-electron chi connectivity index (χ1n) is 6.45. The third-order valence-corrected chi connectivity index (χ3v) is 3.65. The molecule has 6 heteroatoms. The van der Waals surface area contributed by atoms with Gasteiger partial charge in [-0.15, -0.1) is 0 Å². The largest absolute Gasteiger partial charge is 0.496 e. The number of hydrogen-bond acceptors (Lipinski definition) is 2. The van der Waals surface area contributed by atoms with E-state index in [0.717, 1.165) is 6.07 Å². The second-order valence-corrected chi connectivity index (χ2v) is 5.66. The van der Waals surface area contributed by atoms with Gasteiger partial charge in [0.05, 0.1) is 12.7 Å². The zero-order valence-corrected chi connectivity index (χ0v) is 13.7. The van der Waals surface area contributed by atoms with Crippen LogP contribution in [0.2, 0.25) is 0 Å². The van der Waals surface area contributed by atoms with Gasteiger partial charge in [-0.05, 0) is 36.4 Å². The molecule has 0 saturated carbocycles. The third-order valence-electron chi connectivity index (χ3n) is 3.15. The molecule has 22 heavy (non-hydrogen) atoms. The fraction of sp³-hybridized carbons (Fsp3) is 0.188. The topological polar surface area (TPSA) is 29.5 Å². The molecule has 0 aromatic heterocycles. The number of carbonyl (C=O) groups is 1. The summed E-state index contributed by atoms with van der Waals surface area (Å²) in [4.78, 5) is 13.7. The summed E-state index contributed by atoms with van der Waals surface area (Å²) >= 11 is 3.26. The quantitative estimate of drug-likeness (QED) is 0.814. The van der Waals surface area contributed by atoms with E-state index in [0.29, 0.717) is 10.0 Å². The van der Waals surface area contributed by atoms with Gasteiger partial charge >= 0.3 is 0 Å². The molecule has 0 aliphatic carbocycles. The predicted molar refractivity (Wildman–Crippen MR) is 82.8 cm³/mol. The number of methoxy groups -OCH3 is 1. The number of nitrogens with zero attached hydrogens (tertiary/aromatic N) is 1. The van der Waals surface area contributed by atoms with Gasteiger partial charge < -0.3 is 9.64 Å². The summed E-state index contributed by atoms with van der Waals surface area (Å²) in [5.74, 6) is -1.12. The average Bonchev–Trinajstić information content (AvgIpc) is 2.50. The van der Waals surface area contributed by atoms with Crippen LogP contribution >= 0.6 is 15.9 Å². The molecular weight excluding hydrogens is 356 g/mol. The van der Waals surface area contributed by atoms with E-state index in [4.69, 9.17) is 4.74 Å². The Morgan fingerprint density at radius 1 is 1.23 bits per heavy atom. The Kier molecular flexibility index (Phi) is 5.13. The Bertz CT molecular complexity index is 707. The Morgan fingerprint density at radius 3 is 2.64 bits per heavy atom. The van der Waals surface area contributed by atoms with Gasteiger partial charge in [-0.3, -0.25) is 4.79 Å². The lowest BCUT2D eigenvalue weighted by Gasteiger charge is -2.19. The first-order chi connectivity index (χ1) is 10.4. The number of amides is 1. The summed E-state index contributed by atoms with van der Waals surface area (Å²) in [5, 5.41) is 0. The standard InChI is InChI=1S/C16H14BrF2NO2/c1-20(9-10-7-11(17)3-5-14(10)19)16(21)13-8-12(18)4-6-15(13)22-2/h3-8H,9H2,1-2H3. The zero-order valence-electron chi connectivity index (χ0n) is 12.1. The molecule has 0 unspecified atom stereocenters. The van der Waals surface area contributed by atoms with Gasteiger partial charge in [0, 0.05) is 23.6 Å². The first kappa shape index (κ1) is 16.4. The molecule has 0 fully saturated rings. The smallest absolute Gasteiger partial charge is 0.257 e. The lowest BCUT2D eigenvalue weighted by molar-refractivity contribution is 0.0780. The van der Waals surface area contributed by atoms with Crippen molar-refractivity contribution in [2.75, 3.05) is 14.2 Å². The third kappa shape index (κ3) is 3.62. The van der Waals surface area contributed by atoms with Crippen LogP contribution in [0.4, 0.5) is 8.78 Å². The van der Waals surface area contributed by atoms with Crippen LogP contribution in [0, 0.1) is 11.6 Å². The summed E-state index contributed by atoms with van der Waals surface area (Å²) < 4.78 is 32.9. The molecule has 2 aromatic rings. The number of carbonyl (C=O) groups excluding carboxylic acids is 1. The molecule has 0 heterocycles. The van der Waals surface area contributed by atoms with Crippen LogP contribution in [0.25, 0.3) is 0 Å². The highest BCUT2D eigenvalue weighted by molar-refractivity contribution is 9.10. The van der Waals surface area contributed by atoms with Gasteiger partial charge in [0.25, 0.3) is 5.91 Å². The molecule has 116 valence electrons. The highest BCUT2D eigenvalue weighted by atomic mass is 79.9. The fourth-order valence-corrected chi connectivity index (χ4v) is 2.45. The lowest BCUT2D eigenvalue weighted by Crippen LogP contribution is -2.27. The number of ether oxygens (including phenoxy) is 1. The van der Waals surface area contributed by atoms with Crippen molar-refractivity contribution in [3.8, 4) is 5.75 Å². The normalized spacial score (nSPS) is 10.4. The van der Waals surface area contributed by atoms with Gasteiger partial charge in [0.15, 0.2) is 0 Å². The number of halogens is 3. The molecule has 0 saturated heterocycles. The van der Waals surface area contributed by atoms with Gasteiger partial charge in [-0.2, -0.15) is 0 Å². The molecule has 0 aliphatic heterocycles. The average molecular weight is 370 g/mol. The molecule has 0 aliphatic rings. The zero-order chi connectivity index (χ0) is 16.3. The molecular formula is C16H14BrF2NO2. The van der Waals surface area contributed by atoms with Crippen LogP contribution in [0.3, 0.4) is 0 Å². The first-order valence-corrected chi connectivity index (χ1v) is 7.24. The highest BCUT2D eigenvalue weighted by Crippen LogP contribution is 2.22. The van der Waals surface area contributed by atoms with Crippen molar-refractivity contribution in [2.24, 2.45) is 0 Å². The maximum atomic E-state index is 13.8. The van der Waals surface area contributed by atoms with Crippen LogP contribution in [0.15, 0.2) is 40.9 Å². The molecule has 1 amide bonds. The van der Waals surface area contributed by atoms with E-state index < -0.39 is 17.5 Å². The number of benzene rings is 2. The monoisotopic (exact) mass is 369 g/mol.